The zero-order chi connectivity index (χ0) is 12.3. The van der Waals surface area contributed by atoms with Gasteiger partial charge in [0.1, 0.15) is 6.42 Å². The van der Waals surface area contributed by atoms with Crippen LogP contribution in [0.3, 0.4) is 0 Å². The Balaban J connectivity index is 2.89. The van der Waals surface area contributed by atoms with Crippen molar-refractivity contribution in [2.45, 2.75) is 6.42 Å². The van der Waals surface area contributed by atoms with Crippen LogP contribution < -0.4 is 4.74 Å². The molecule has 16 heavy (non-hydrogen) atoms. The molecule has 0 fully saturated rings. The van der Waals surface area contributed by atoms with Gasteiger partial charge in [0, 0.05) is 3.57 Å². The number of carbonyl (C=O) groups excluding carboxylic acids is 1. The number of carboxylic acid groups (broad SMARTS) is 1. The first-order valence-electron chi connectivity index (χ1n) is 3.97. The molecule has 0 radical (unpaired) electrons. The number of rotatable bonds is 3. The molecule has 1 aromatic carbocycles. The summed E-state index contributed by atoms with van der Waals surface area (Å²) in [6.07, 6.45) is -0.627. The van der Waals surface area contributed by atoms with Crippen molar-refractivity contribution in [1.29, 1.82) is 0 Å². The van der Waals surface area contributed by atoms with Crippen molar-refractivity contribution in [3.63, 3.8) is 0 Å². The third-order valence-electron chi connectivity index (χ3n) is 1.47. The zero-order valence-corrected chi connectivity index (χ0v) is 14.1. The first-order valence-corrected chi connectivity index (χ1v) is 7.21. The summed E-state index contributed by atoms with van der Waals surface area (Å²) >= 11 is 6.25. The number of hydrogen-bond donors (Lipinski definition) is 1. The average Bonchev–Trinajstić information content (AvgIpc) is 2.09. The Morgan fingerprint density at radius 2 is 1.69 bits per heavy atom. The van der Waals surface area contributed by atoms with E-state index in [2.05, 4.69) is 22.6 Å². The number of esters is 1. The maximum absolute atomic E-state index is 11.2. The van der Waals surface area contributed by atoms with Gasteiger partial charge in [-0.05, 0) is 79.9 Å². The number of halogens is 3. The highest BCUT2D eigenvalue weighted by molar-refractivity contribution is 14.1. The molecule has 0 bridgehead atoms. The third-order valence-corrected chi connectivity index (χ3v) is 3.70. The van der Waals surface area contributed by atoms with Gasteiger partial charge < -0.3 is 9.84 Å². The number of ether oxygens (including phenoxy) is 1. The molecule has 0 saturated heterocycles. The number of aliphatic carboxylic acids is 1. The lowest BCUT2D eigenvalue weighted by Gasteiger charge is -2.08. The molecule has 0 aromatic heterocycles. The van der Waals surface area contributed by atoms with Crippen LogP contribution in [0.15, 0.2) is 12.1 Å². The second-order valence-electron chi connectivity index (χ2n) is 2.74. The predicted molar refractivity (Wildman–Crippen MR) is 82.5 cm³/mol. The molecule has 0 spiro atoms. The maximum Gasteiger partial charge on any atom is 0.322 e. The largest absolute Gasteiger partial charge is 0.481 e. The average molecular weight is 558 g/mol. The molecule has 0 aliphatic heterocycles. The number of carbonyl (C=O) groups is 2. The molecule has 0 saturated carbocycles. The van der Waals surface area contributed by atoms with Gasteiger partial charge in [-0.3, -0.25) is 9.59 Å². The van der Waals surface area contributed by atoms with Gasteiger partial charge in [0.2, 0.25) is 0 Å². The smallest absolute Gasteiger partial charge is 0.322 e. The van der Waals surface area contributed by atoms with Crippen LogP contribution in [0.1, 0.15) is 6.42 Å². The lowest BCUT2D eigenvalue weighted by atomic mass is 10.3. The standard InChI is InChI=1S/C9H5I3O4/c10-4-1-5(11)9(6(12)2-4)16-8(15)3-7(13)14/h1-2H,3H2,(H,13,14). The number of hydrogen-bond acceptors (Lipinski definition) is 3. The van der Waals surface area contributed by atoms with E-state index in [4.69, 9.17) is 9.84 Å². The Kier molecular flexibility index (Phi) is 5.70. The maximum atomic E-state index is 11.2. The zero-order valence-electron chi connectivity index (χ0n) is 7.67. The van der Waals surface area contributed by atoms with E-state index in [-0.39, 0.29) is 0 Å². The summed E-state index contributed by atoms with van der Waals surface area (Å²) in [4.78, 5) is 21.5. The van der Waals surface area contributed by atoms with Crippen LogP contribution in [-0.2, 0) is 9.59 Å². The minimum atomic E-state index is -1.19. The monoisotopic (exact) mass is 558 g/mol. The molecule has 1 aromatic rings. The summed E-state index contributed by atoms with van der Waals surface area (Å²) in [6, 6.07) is 3.71. The van der Waals surface area contributed by atoms with E-state index in [1.165, 1.54) is 0 Å². The van der Waals surface area contributed by atoms with Crippen molar-refractivity contribution in [2.75, 3.05) is 0 Å². The summed E-state index contributed by atoms with van der Waals surface area (Å²) in [6.45, 7) is 0. The normalized spacial score (nSPS) is 9.94. The Labute approximate surface area is 133 Å². The summed E-state index contributed by atoms with van der Waals surface area (Å²) in [5.74, 6) is -1.53. The van der Waals surface area contributed by atoms with E-state index in [9.17, 15) is 9.59 Å². The molecule has 4 nitrogen and oxygen atoms in total. The fraction of sp³-hybridized carbons (Fsp3) is 0.111. The number of benzene rings is 1. The minimum Gasteiger partial charge on any atom is -0.481 e. The van der Waals surface area contributed by atoms with E-state index in [1.54, 1.807) is 0 Å². The van der Waals surface area contributed by atoms with Crippen molar-refractivity contribution >= 4 is 79.7 Å². The van der Waals surface area contributed by atoms with Crippen molar-refractivity contribution in [3.8, 4) is 5.75 Å². The van der Waals surface area contributed by atoms with Crippen molar-refractivity contribution in [2.24, 2.45) is 0 Å². The topological polar surface area (TPSA) is 63.6 Å². The Hall–Kier alpha value is 0.350. The molecule has 0 heterocycles. The van der Waals surface area contributed by atoms with Crippen LogP contribution in [-0.4, -0.2) is 17.0 Å². The van der Waals surface area contributed by atoms with Crippen molar-refractivity contribution in [1.82, 2.24) is 0 Å². The van der Waals surface area contributed by atoms with Crippen LogP contribution in [0, 0.1) is 10.7 Å². The molecular formula is C9H5I3O4. The molecule has 0 unspecified atom stereocenters. The van der Waals surface area contributed by atoms with Gasteiger partial charge >= 0.3 is 11.9 Å². The van der Waals surface area contributed by atoms with Gasteiger partial charge in [0.15, 0.2) is 5.75 Å². The molecule has 0 aliphatic rings. The Morgan fingerprint density at radius 3 is 2.12 bits per heavy atom. The third kappa shape index (κ3) is 4.31. The molecular weight excluding hydrogens is 553 g/mol. The van der Waals surface area contributed by atoms with Gasteiger partial charge in [-0.1, -0.05) is 0 Å². The van der Waals surface area contributed by atoms with Gasteiger partial charge in [-0.15, -0.1) is 0 Å². The Bertz CT molecular complexity index is 421. The lowest BCUT2D eigenvalue weighted by molar-refractivity contribution is -0.145. The van der Waals surface area contributed by atoms with Crippen LogP contribution >= 0.6 is 67.8 Å². The van der Waals surface area contributed by atoms with Crippen molar-refractivity contribution < 1.29 is 19.4 Å². The second-order valence-corrected chi connectivity index (χ2v) is 6.31. The highest BCUT2D eigenvalue weighted by atomic mass is 127. The second kappa shape index (κ2) is 6.33. The van der Waals surface area contributed by atoms with Crippen LogP contribution in [0.2, 0.25) is 0 Å². The molecule has 0 atom stereocenters. The van der Waals surface area contributed by atoms with E-state index in [0.29, 0.717) is 5.75 Å². The highest BCUT2D eigenvalue weighted by Crippen LogP contribution is 2.29. The molecule has 86 valence electrons. The fourth-order valence-electron chi connectivity index (χ4n) is 0.900. The van der Waals surface area contributed by atoms with Gasteiger partial charge in [-0.2, -0.15) is 0 Å². The number of carboxylic acids is 1. The first-order chi connectivity index (χ1) is 7.40. The summed E-state index contributed by atoms with van der Waals surface area (Å²) in [7, 11) is 0. The highest BCUT2D eigenvalue weighted by Gasteiger charge is 2.15. The molecule has 1 N–H and O–H groups in total. The fourth-order valence-corrected chi connectivity index (χ4v) is 4.70. The lowest BCUT2D eigenvalue weighted by Crippen LogP contribution is -2.14. The molecule has 0 amide bonds. The molecule has 1 rings (SSSR count). The van der Waals surface area contributed by atoms with Crippen LogP contribution in [0.4, 0.5) is 0 Å². The van der Waals surface area contributed by atoms with E-state index in [0.717, 1.165) is 10.7 Å². The summed E-state index contributed by atoms with van der Waals surface area (Å²) < 4.78 is 7.61. The summed E-state index contributed by atoms with van der Waals surface area (Å²) in [5, 5.41) is 8.44. The van der Waals surface area contributed by atoms with Crippen molar-refractivity contribution in [3.05, 3.63) is 22.8 Å². The van der Waals surface area contributed by atoms with Crippen LogP contribution in [0.25, 0.3) is 0 Å². The molecule has 0 aliphatic carbocycles. The first kappa shape index (κ1) is 14.4. The predicted octanol–water partition coefficient (Wildman–Crippen LogP) is 2.88. The van der Waals surface area contributed by atoms with E-state index < -0.39 is 18.4 Å². The minimum absolute atomic E-state index is 0.424. The van der Waals surface area contributed by atoms with E-state index >= 15 is 0 Å². The Morgan fingerprint density at radius 1 is 1.19 bits per heavy atom. The molecule has 7 heteroatoms. The van der Waals surface area contributed by atoms with Crippen LogP contribution in [0.5, 0.6) is 5.75 Å². The SMILES string of the molecule is O=C(O)CC(=O)Oc1c(I)cc(I)cc1I. The van der Waals surface area contributed by atoms with E-state index in [1.807, 2.05) is 57.3 Å². The van der Waals surface area contributed by atoms with Gasteiger partial charge in [-0.25, -0.2) is 0 Å². The quantitative estimate of drug-likeness (QED) is 0.269. The van der Waals surface area contributed by atoms with Gasteiger partial charge in [0.05, 0.1) is 7.14 Å². The van der Waals surface area contributed by atoms with Gasteiger partial charge in [0.25, 0.3) is 0 Å². The summed E-state index contributed by atoms with van der Waals surface area (Å²) in [5.41, 5.74) is 0.